The van der Waals surface area contributed by atoms with Gasteiger partial charge in [0.25, 0.3) is 5.91 Å². The van der Waals surface area contributed by atoms with Crippen molar-refractivity contribution < 1.29 is 9.59 Å². The van der Waals surface area contributed by atoms with Gasteiger partial charge in [0.05, 0.1) is 10.6 Å². The molecule has 0 bridgehead atoms. The van der Waals surface area contributed by atoms with Crippen LogP contribution in [0.3, 0.4) is 0 Å². The quantitative estimate of drug-likeness (QED) is 0.531. The second kappa shape index (κ2) is 10.4. The third-order valence-electron chi connectivity index (χ3n) is 4.55. The van der Waals surface area contributed by atoms with Gasteiger partial charge in [-0.25, -0.2) is 9.97 Å². The maximum Gasteiger partial charge on any atom is 0.253 e. The maximum absolute atomic E-state index is 12.9. The molecule has 9 heteroatoms. The van der Waals surface area contributed by atoms with Crippen molar-refractivity contribution in [3.05, 3.63) is 76.4 Å². The summed E-state index contributed by atoms with van der Waals surface area (Å²) in [5.41, 5.74) is 1.15. The van der Waals surface area contributed by atoms with Crippen LogP contribution in [0.2, 0.25) is 10.0 Å². The van der Waals surface area contributed by atoms with Crippen LogP contribution in [-0.2, 0) is 11.3 Å². The number of imidazole rings is 1. The van der Waals surface area contributed by atoms with Crippen molar-refractivity contribution in [2.45, 2.75) is 32.9 Å². The number of nitrogens with zero attached hydrogens (tertiary/aromatic N) is 3. The van der Waals surface area contributed by atoms with E-state index in [9.17, 15) is 9.59 Å². The average molecular weight is 460 g/mol. The lowest BCUT2D eigenvalue weighted by molar-refractivity contribution is -0.123. The summed E-state index contributed by atoms with van der Waals surface area (Å²) in [6.07, 6.45) is 7.27. The molecule has 3 aromatic rings. The first kappa shape index (κ1) is 22.8. The van der Waals surface area contributed by atoms with E-state index >= 15 is 0 Å². The molecule has 0 aliphatic heterocycles. The summed E-state index contributed by atoms with van der Waals surface area (Å²) in [5.74, 6) is 0.209. The monoisotopic (exact) mass is 459 g/mol. The van der Waals surface area contributed by atoms with E-state index in [0.717, 1.165) is 5.56 Å². The molecule has 2 aromatic heterocycles. The van der Waals surface area contributed by atoms with E-state index in [1.807, 2.05) is 26.0 Å². The molecule has 0 aliphatic carbocycles. The van der Waals surface area contributed by atoms with Gasteiger partial charge in [0, 0.05) is 30.2 Å². The summed E-state index contributed by atoms with van der Waals surface area (Å²) in [6, 6.07) is 7.61. The number of rotatable bonds is 8. The molecule has 0 radical (unpaired) electrons. The molecule has 1 unspecified atom stereocenters. The Hall–Kier alpha value is -2.90. The number of nitrogens with one attached hydrogen (secondary N) is 2. The van der Waals surface area contributed by atoms with Crippen molar-refractivity contribution >= 4 is 35.0 Å². The summed E-state index contributed by atoms with van der Waals surface area (Å²) in [5, 5.41) is 6.36. The molecule has 0 saturated carbocycles. The van der Waals surface area contributed by atoms with Crippen molar-refractivity contribution in [2.24, 2.45) is 5.92 Å². The van der Waals surface area contributed by atoms with Crippen LogP contribution >= 0.6 is 23.2 Å². The van der Waals surface area contributed by atoms with E-state index in [4.69, 9.17) is 23.2 Å². The normalized spacial score (nSPS) is 11.9. The highest BCUT2D eigenvalue weighted by atomic mass is 35.5. The molecule has 7 nitrogen and oxygen atoms in total. The van der Waals surface area contributed by atoms with Gasteiger partial charge in [-0.05, 0) is 48.2 Å². The molecule has 3 rings (SSSR count). The maximum atomic E-state index is 12.9. The van der Waals surface area contributed by atoms with Crippen LogP contribution in [0.4, 0.5) is 0 Å². The summed E-state index contributed by atoms with van der Waals surface area (Å²) >= 11 is 12.0. The Morgan fingerprint density at radius 2 is 1.94 bits per heavy atom. The fraction of sp³-hybridized carbons (Fsp3) is 0.273. The lowest BCUT2D eigenvalue weighted by Gasteiger charge is -2.20. The van der Waals surface area contributed by atoms with Gasteiger partial charge in [-0.3, -0.25) is 14.2 Å². The molecule has 2 amide bonds. The molecule has 2 heterocycles. The Kier molecular flexibility index (Phi) is 7.65. The minimum absolute atomic E-state index is 0.200. The molecule has 2 N–H and O–H groups in total. The smallest absolute Gasteiger partial charge is 0.253 e. The van der Waals surface area contributed by atoms with Crippen molar-refractivity contribution in [3.63, 3.8) is 0 Å². The SMILES string of the molecule is CC(C)CC(NC(=O)c1ccc(Cl)cc1Cl)C(=O)NCc1ccnc(-n2ccnc2)c1. The van der Waals surface area contributed by atoms with E-state index < -0.39 is 11.9 Å². The molecule has 162 valence electrons. The van der Waals surface area contributed by atoms with Gasteiger partial charge in [-0.2, -0.15) is 0 Å². The zero-order chi connectivity index (χ0) is 22.4. The number of carbonyl (C=O) groups excluding carboxylic acids is 2. The van der Waals surface area contributed by atoms with Crippen LogP contribution in [0, 0.1) is 5.92 Å². The van der Waals surface area contributed by atoms with E-state index in [1.54, 1.807) is 41.6 Å². The van der Waals surface area contributed by atoms with Gasteiger partial charge in [-0.1, -0.05) is 37.0 Å². The van der Waals surface area contributed by atoms with Gasteiger partial charge in [0.15, 0.2) is 0 Å². The van der Waals surface area contributed by atoms with E-state index in [1.165, 1.54) is 6.07 Å². The van der Waals surface area contributed by atoms with Crippen molar-refractivity contribution in [2.75, 3.05) is 0 Å². The molecule has 0 aliphatic rings. The molecule has 1 aromatic carbocycles. The number of hydrogen-bond acceptors (Lipinski definition) is 4. The lowest BCUT2D eigenvalue weighted by Crippen LogP contribution is -2.47. The number of pyridine rings is 1. The van der Waals surface area contributed by atoms with Gasteiger partial charge in [0.2, 0.25) is 5.91 Å². The highest BCUT2D eigenvalue weighted by Gasteiger charge is 2.23. The predicted octanol–water partition coefficient (Wildman–Crippen LogP) is 4.04. The number of hydrogen-bond donors (Lipinski definition) is 2. The highest BCUT2D eigenvalue weighted by molar-refractivity contribution is 6.36. The molecular formula is C22H23Cl2N5O2. The second-order valence-corrected chi connectivity index (χ2v) is 8.33. The second-order valence-electron chi connectivity index (χ2n) is 7.49. The zero-order valence-corrected chi connectivity index (χ0v) is 18.7. The summed E-state index contributed by atoms with van der Waals surface area (Å²) in [4.78, 5) is 33.9. The van der Waals surface area contributed by atoms with Crippen LogP contribution < -0.4 is 10.6 Å². The van der Waals surface area contributed by atoms with E-state index in [0.29, 0.717) is 23.8 Å². The largest absolute Gasteiger partial charge is 0.350 e. The zero-order valence-electron chi connectivity index (χ0n) is 17.2. The van der Waals surface area contributed by atoms with Gasteiger partial charge in [0.1, 0.15) is 18.2 Å². The minimum atomic E-state index is -0.700. The summed E-state index contributed by atoms with van der Waals surface area (Å²) in [6.45, 7) is 4.28. The summed E-state index contributed by atoms with van der Waals surface area (Å²) < 4.78 is 1.78. The first-order valence-corrected chi connectivity index (χ1v) is 10.6. The average Bonchev–Trinajstić information content (AvgIpc) is 3.26. The topological polar surface area (TPSA) is 88.9 Å². The molecule has 0 spiro atoms. The number of carbonyl (C=O) groups is 2. The Balaban J connectivity index is 1.67. The van der Waals surface area contributed by atoms with Crippen LogP contribution in [0.25, 0.3) is 5.82 Å². The first-order chi connectivity index (χ1) is 14.8. The molecule has 0 saturated heterocycles. The van der Waals surface area contributed by atoms with Crippen LogP contribution in [0.5, 0.6) is 0 Å². The lowest BCUT2D eigenvalue weighted by atomic mass is 10.0. The van der Waals surface area contributed by atoms with Gasteiger partial charge in [-0.15, -0.1) is 0 Å². The Bertz CT molecular complexity index is 1050. The van der Waals surface area contributed by atoms with Crippen LogP contribution in [0.15, 0.2) is 55.2 Å². The van der Waals surface area contributed by atoms with Crippen molar-refractivity contribution in [1.29, 1.82) is 0 Å². The van der Waals surface area contributed by atoms with Crippen LogP contribution in [-0.4, -0.2) is 32.4 Å². The third-order valence-corrected chi connectivity index (χ3v) is 5.10. The van der Waals surface area contributed by atoms with Crippen molar-refractivity contribution in [1.82, 2.24) is 25.2 Å². The predicted molar refractivity (Wildman–Crippen MR) is 120 cm³/mol. The fourth-order valence-corrected chi connectivity index (χ4v) is 3.53. The highest BCUT2D eigenvalue weighted by Crippen LogP contribution is 2.21. The van der Waals surface area contributed by atoms with E-state index in [-0.39, 0.29) is 22.4 Å². The Morgan fingerprint density at radius 3 is 2.61 bits per heavy atom. The van der Waals surface area contributed by atoms with Crippen molar-refractivity contribution in [3.8, 4) is 5.82 Å². The Morgan fingerprint density at radius 1 is 1.13 bits per heavy atom. The number of amides is 2. The minimum Gasteiger partial charge on any atom is -0.350 e. The molecular weight excluding hydrogens is 437 g/mol. The number of aromatic nitrogens is 3. The fourth-order valence-electron chi connectivity index (χ4n) is 3.03. The summed E-state index contributed by atoms with van der Waals surface area (Å²) in [7, 11) is 0. The third kappa shape index (κ3) is 6.29. The number of halogens is 2. The van der Waals surface area contributed by atoms with Crippen LogP contribution in [0.1, 0.15) is 36.2 Å². The standard InChI is InChI=1S/C22H23Cl2N5O2/c1-14(2)9-19(28-21(30)17-4-3-16(23)11-18(17)24)22(31)27-12-15-5-6-26-20(10-15)29-8-7-25-13-29/h3-8,10-11,13-14,19H,9,12H2,1-2H3,(H,27,31)(H,28,30). The molecule has 1 atom stereocenters. The van der Waals surface area contributed by atoms with E-state index in [2.05, 4.69) is 20.6 Å². The Labute approximate surface area is 190 Å². The number of benzene rings is 1. The first-order valence-electron chi connectivity index (χ1n) is 9.80. The van der Waals surface area contributed by atoms with Gasteiger partial charge < -0.3 is 10.6 Å². The molecule has 31 heavy (non-hydrogen) atoms. The van der Waals surface area contributed by atoms with Gasteiger partial charge >= 0.3 is 0 Å². The molecule has 0 fully saturated rings.